The number of nitrogens with zero attached hydrogens (tertiary/aromatic N) is 2. The predicted octanol–water partition coefficient (Wildman–Crippen LogP) is 3.57. The van der Waals surface area contributed by atoms with Gasteiger partial charge in [-0.25, -0.2) is 0 Å². The van der Waals surface area contributed by atoms with E-state index in [-0.39, 0.29) is 5.41 Å². The van der Waals surface area contributed by atoms with Gasteiger partial charge in [0.05, 0.1) is 13.2 Å². The van der Waals surface area contributed by atoms with Crippen molar-refractivity contribution in [3.8, 4) is 0 Å². The van der Waals surface area contributed by atoms with Crippen LogP contribution in [0, 0.1) is 0 Å². The standard InChI is InChI=1S/C24H31ClN4O/c1-26-23(28-18-24(10-11-24)21-6-8-22(25)9-7-21)27-16-19-4-2-3-5-20(19)17-29-12-14-30-15-13-29/h2-9H,10-18H2,1H3,(H2,26,27,28). The van der Waals surface area contributed by atoms with Crippen molar-refractivity contribution in [1.29, 1.82) is 0 Å². The first kappa shape index (κ1) is 21.2. The molecule has 0 radical (unpaired) electrons. The van der Waals surface area contributed by atoms with E-state index in [9.17, 15) is 0 Å². The molecule has 0 unspecified atom stereocenters. The summed E-state index contributed by atoms with van der Waals surface area (Å²) in [5, 5.41) is 7.82. The molecule has 0 spiro atoms. The van der Waals surface area contributed by atoms with Gasteiger partial charge in [-0.05, 0) is 41.7 Å². The molecule has 2 N–H and O–H groups in total. The minimum atomic E-state index is 0.205. The number of hydrogen-bond acceptors (Lipinski definition) is 3. The highest BCUT2D eigenvalue weighted by Gasteiger charge is 2.44. The summed E-state index contributed by atoms with van der Waals surface area (Å²) >= 11 is 6.05. The van der Waals surface area contributed by atoms with Crippen molar-refractivity contribution in [2.45, 2.75) is 31.3 Å². The highest BCUT2D eigenvalue weighted by molar-refractivity contribution is 6.30. The zero-order chi connectivity index (χ0) is 20.8. The third kappa shape index (κ3) is 5.34. The van der Waals surface area contributed by atoms with Crippen molar-refractivity contribution in [2.24, 2.45) is 4.99 Å². The lowest BCUT2D eigenvalue weighted by atomic mass is 9.96. The first-order valence-electron chi connectivity index (χ1n) is 10.8. The van der Waals surface area contributed by atoms with Crippen molar-refractivity contribution in [2.75, 3.05) is 39.9 Å². The quantitative estimate of drug-likeness (QED) is 0.525. The van der Waals surface area contributed by atoms with E-state index in [0.717, 1.165) is 56.9 Å². The molecule has 0 amide bonds. The maximum atomic E-state index is 6.05. The molecule has 1 saturated carbocycles. The summed E-state index contributed by atoms with van der Waals surface area (Å²) in [6.45, 7) is 6.25. The molecule has 5 nitrogen and oxygen atoms in total. The largest absolute Gasteiger partial charge is 0.379 e. The average Bonchev–Trinajstić information content (AvgIpc) is 3.57. The fourth-order valence-corrected chi connectivity index (χ4v) is 4.18. The third-order valence-electron chi connectivity index (χ3n) is 6.19. The molecular weight excluding hydrogens is 396 g/mol. The zero-order valence-electron chi connectivity index (χ0n) is 17.7. The molecule has 1 heterocycles. The minimum absolute atomic E-state index is 0.205. The van der Waals surface area contributed by atoms with E-state index < -0.39 is 0 Å². The Hall–Kier alpha value is -2.08. The van der Waals surface area contributed by atoms with Gasteiger partial charge < -0.3 is 15.4 Å². The average molecular weight is 427 g/mol. The van der Waals surface area contributed by atoms with Crippen LogP contribution in [0.1, 0.15) is 29.5 Å². The Bertz CT molecular complexity index is 858. The van der Waals surface area contributed by atoms with Crippen LogP contribution in [0.5, 0.6) is 0 Å². The van der Waals surface area contributed by atoms with Gasteiger partial charge in [0, 0.05) is 50.2 Å². The second kappa shape index (κ2) is 9.82. The molecule has 0 atom stereocenters. The Balaban J connectivity index is 1.32. The molecule has 1 saturated heterocycles. The molecule has 1 aliphatic carbocycles. The molecule has 2 aromatic rings. The predicted molar refractivity (Wildman–Crippen MR) is 123 cm³/mol. The molecule has 0 bridgehead atoms. The van der Waals surface area contributed by atoms with Crippen LogP contribution < -0.4 is 10.6 Å². The monoisotopic (exact) mass is 426 g/mol. The van der Waals surface area contributed by atoms with Crippen LogP contribution in [0.2, 0.25) is 5.02 Å². The van der Waals surface area contributed by atoms with E-state index >= 15 is 0 Å². The molecule has 0 aromatic heterocycles. The summed E-state index contributed by atoms with van der Waals surface area (Å²) in [4.78, 5) is 6.89. The minimum Gasteiger partial charge on any atom is -0.379 e. The van der Waals surface area contributed by atoms with Crippen LogP contribution in [-0.4, -0.2) is 50.8 Å². The molecular formula is C24H31ClN4O. The molecule has 4 rings (SSSR count). The van der Waals surface area contributed by atoms with Gasteiger partial charge in [-0.2, -0.15) is 0 Å². The summed E-state index contributed by atoms with van der Waals surface area (Å²) < 4.78 is 5.47. The number of nitrogens with one attached hydrogen (secondary N) is 2. The van der Waals surface area contributed by atoms with Crippen LogP contribution in [0.4, 0.5) is 0 Å². The Labute approximate surface area is 184 Å². The van der Waals surface area contributed by atoms with E-state index in [1.165, 1.54) is 29.5 Å². The van der Waals surface area contributed by atoms with Gasteiger partial charge in [0.1, 0.15) is 0 Å². The Morgan fingerprint density at radius 2 is 1.73 bits per heavy atom. The van der Waals surface area contributed by atoms with Crippen molar-refractivity contribution in [3.05, 3.63) is 70.2 Å². The van der Waals surface area contributed by atoms with Gasteiger partial charge in [-0.1, -0.05) is 48.0 Å². The van der Waals surface area contributed by atoms with Crippen molar-refractivity contribution in [3.63, 3.8) is 0 Å². The van der Waals surface area contributed by atoms with E-state index in [0.29, 0.717) is 0 Å². The molecule has 2 aromatic carbocycles. The SMILES string of the molecule is CN=C(NCc1ccccc1CN1CCOCC1)NCC1(c2ccc(Cl)cc2)CC1. The van der Waals surface area contributed by atoms with E-state index in [1.54, 1.807) is 0 Å². The maximum absolute atomic E-state index is 6.05. The Kier molecular flexibility index (Phi) is 6.93. The fraction of sp³-hybridized carbons (Fsp3) is 0.458. The summed E-state index contributed by atoms with van der Waals surface area (Å²) in [5.41, 5.74) is 4.23. The Morgan fingerprint density at radius 1 is 1.03 bits per heavy atom. The van der Waals surface area contributed by atoms with Crippen LogP contribution in [0.3, 0.4) is 0 Å². The first-order valence-corrected chi connectivity index (χ1v) is 11.1. The molecule has 2 aliphatic rings. The van der Waals surface area contributed by atoms with Gasteiger partial charge in [0.2, 0.25) is 0 Å². The van der Waals surface area contributed by atoms with E-state index in [1.807, 2.05) is 19.2 Å². The summed E-state index contributed by atoms with van der Waals surface area (Å²) in [7, 11) is 1.83. The first-order chi connectivity index (χ1) is 14.7. The van der Waals surface area contributed by atoms with Crippen LogP contribution >= 0.6 is 11.6 Å². The van der Waals surface area contributed by atoms with Gasteiger partial charge in [-0.3, -0.25) is 9.89 Å². The fourth-order valence-electron chi connectivity index (χ4n) is 4.06. The summed E-state index contributed by atoms with van der Waals surface area (Å²) in [6, 6.07) is 16.9. The highest BCUT2D eigenvalue weighted by Crippen LogP contribution is 2.47. The van der Waals surface area contributed by atoms with Gasteiger partial charge >= 0.3 is 0 Å². The summed E-state index contributed by atoms with van der Waals surface area (Å²) in [6.07, 6.45) is 2.39. The lowest BCUT2D eigenvalue weighted by Crippen LogP contribution is -2.41. The smallest absolute Gasteiger partial charge is 0.191 e. The molecule has 30 heavy (non-hydrogen) atoms. The molecule has 2 fully saturated rings. The number of benzene rings is 2. The number of ether oxygens (including phenoxy) is 1. The highest BCUT2D eigenvalue weighted by atomic mass is 35.5. The van der Waals surface area contributed by atoms with Crippen molar-refractivity contribution in [1.82, 2.24) is 15.5 Å². The van der Waals surface area contributed by atoms with Crippen molar-refractivity contribution < 1.29 is 4.74 Å². The molecule has 160 valence electrons. The number of guanidine groups is 1. The number of hydrogen-bond donors (Lipinski definition) is 2. The van der Waals surface area contributed by atoms with Crippen LogP contribution in [0.25, 0.3) is 0 Å². The normalized spacial score (nSPS) is 18.8. The number of aliphatic imine (C=N–C) groups is 1. The van der Waals surface area contributed by atoms with E-state index in [4.69, 9.17) is 16.3 Å². The lowest BCUT2D eigenvalue weighted by molar-refractivity contribution is 0.0341. The molecule has 6 heteroatoms. The second-order valence-electron chi connectivity index (χ2n) is 8.22. The van der Waals surface area contributed by atoms with Gasteiger partial charge in [0.15, 0.2) is 5.96 Å². The zero-order valence-corrected chi connectivity index (χ0v) is 18.4. The maximum Gasteiger partial charge on any atom is 0.191 e. The topological polar surface area (TPSA) is 48.9 Å². The van der Waals surface area contributed by atoms with Crippen LogP contribution in [-0.2, 0) is 23.2 Å². The molecule has 1 aliphatic heterocycles. The van der Waals surface area contributed by atoms with Gasteiger partial charge in [-0.15, -0.1) is 0 Å². The third-order valence-corrected chi connectivity index (χ3v) is 6.44. The number of halogens is 1. The number of rotatable bonds is 7. The summed E-state index contributed by atoms with van der Waals surface area (Å²) in [5.74, 6) is 0.844. The van der Waals surface area contributed by atoms with Gasteiger partial charge in [0.25, 0.3) is 0 Å². The second-order valence-corrected chi connectivity index (χ2v) is 8.66. The number of morpholine rings is 1. The lowest BCUT2D eigenvalue weighted by Gasteiger charge is -2.27. The van der Waals surface area contributed by atoms with E-state index in [2.05, 4.69) is 56.9 Å². The Morgan fingerprint density at radius 3 is 2.40 bits per heavy atom. The van der Waals surface area contributed by atoms with Crippen LogP contribution in [0.15, 0.2) is 53.5 Å². The van der Waals surface area contributed by atoms with Crippen molar-refractivity contribution >= 4 is 17.6 Å².